The van der Waals surface area contributed by atoms with Gasteiger partial charge < -0.3 is 10.4 Å². The molecule has 0 spiro atoms. The van der Waals surface area contributed by atoms with Crippen LogP contribution in [0, 0.1) is 0 Å². The lowest BCUT2D eigenvalue weighted by Gasteiger charge is -2.06. The molecule has 4 nitrogen and oxygen atoms in total. The van der Waals surface area contributed by atoms with Gasteiger partial charge in [-0.1, -0.05) is 12.1 Å². The minimum Gasteiger partial charge on any atom is -0.396 e. The van der Waals surface area contributed by atoms with E-state index in [1.807, 2.05) is 24.3 Å². The Morgan fingerprint density at radius 1 is 1.35 bits per heavy atom. The predicted octanol–water partition coefficient (Wildman–Crippen LogP) is 2.81. The average molecular weight is 288 g/mol. The van der Waals surface area contributed by atoms with Crippen LogP contribution in [0.4, 0.5) is 5.69 Å². The van der Waals surface area contributed by atoms with Crippen LogP contribution in [0.5, 0.6) is 0 Å². The van der Waals surface area contributed by atoms with Crippen molar-refractivity contribution in [1.29, 1.82) is 0 Å². The zero-order valence-corrected chi connectivity index (χ0v) is 11.8. The Kier molecular flexibility index (Phi) is 3.80. The molecule has 0 radical (unpaired) electrons. The zero-order chi connectivity index (χ0) is 13.9. The summed E-state index contributed by atoms with van der Waals surface area (Å²) < 4.78 is 0. The number of carbonyl (C=O) groups excluding carboxylic acids is 1. The van der Waals surface area contributed by atoms with E-state index in [-0.39, 0.29) is 12.5 Å². The Balaban J connectivity index is 1.70. The summed E-state index contributed by atoms with van der Waals surface area (Å²) in [6.07, 6.45) is 2.91. The maximum absolute atomic E-state index is 12.3. The van der Waals surface area contributed by atoms with Gasteiger partial charge in [0.25, 0.3) is 5.91 Å². The first-order valence-corrected chi connectivity index (χ1v) is 7.60. The number of anilines is 1. The van der Waals surface area contributed by atoms with Crippen molar-refractivity contribution < 1.29 is 9.90 Å². The molecule has 104 valence electrons. The number of hydrogen-bond acceptors (Lipinski definition) is 4. The number of rotatable bonds is 5. The first-order valence-electron chi connectivity index (χ1n) is 6.72. The third kappa shape index (κ3) is 2.89. The standard InChI is InChI=1S/C15H16N2O2S/c18-8-7-10-1-5-12(6-2-10)17-15(19)14-13(11-3-4-11)16-9-20-14/h1-2,5-6,9,11,18H,3-4,7-8H2,(H,17,19). The minimum absolute atomic E-state index is 0.0793. The quantitative estimate of drug-likeness (QED) is 0.889. The van der Waals surface area contributed by atoms with E-state index >= 15 is 0 Å². The third-order valence-corrected chi connectivity index (χ3v) is 4.22. The fourth-order valence-electron chi connectivity index (χ4n) is 2.14. The number of carbonyl (C=O) groups is 1. The molecule has 1 heterocycles. The van der Waals surface area contributed by atoms with Gasteiger partial charge in [0.05, 0.1) is 11.2 Å². The highest BCUT2D eigenvalue weighted by Gasteiger charge is 2.30. The summed E-state index contributed by atoms with van der Waals surface area (Å²) in [5.41, 5.74) is 4.52. The van der Waals surface area contributed by atoms with Gasteiger partial charge >= 0.3 is 0 Å². The minimum atomic E-state index is -0.0793. The molecule has 1 saturated carbocycles. The Hall–Kier alpha value is -1.72. The van der Waals surface area contributed by atoms with Crippen LogP contribution in [-0.4, -0.2) is 22.6 Å². The van der Waals surface area contributed by atoms with Gasteiger partial charge in [-0.25, -0.2) is 4.98 Å². The van der Waals surface area contributed by atoms with Crippen LogP contribution >= 0.6 is 11.3 Å². The maximum atomic E-state index is 12.3. The topological polar surface area (TPSA) is 62.2 Å². The number of aromatic nitrogens is 1. The Bertz CT molecular complexity index is 603. The second-order valence-corrected chi connectivity index (χ2v) is 5.82. The molecule has 2 N–H and O–H groups in total. The van der Waals surface area contributed by atoms with Crippen LogP contribution < -0.4 is 5.32 Å². The van der Waals surface area contributed by atoms with Crippen molar-refractivity contribution >= 4 is 22.9 Å². The highest BCUT2D eigenvalue weighted by atomic mass is 32.1. The van der Waals surface area contributed by atoms with Crippen LogP contribution in [0.1, 0.15) is 39.7 Å². The van der Waals surface area contributed by atoms with Crippen molar-refractivity contribution in [2.24, 2.45) is 0 Å². The third-order valence-electron chi connectivity index (χ3n) is 3.38. The van der Waals surface area contributed by atoms with Crippen LogP contribution in [0.3, 0.4) is 0 Å². The molecule has 1 aliphatic carbocycles. The summed E-state index contributed by atoms with van der Waals surface area (Å²) in [7, 11) is 0. The molecule has 0 atom stereocenters. The summed E-state index contributed by atoms with van der Waals surface area (Å²) >= 11 is 1.40. The molecule has 0 unspecified atom stereocenters. The van der Waals surface area contributed by atoms with Crippen molar-refractivity contribution in [3.63, 3.8) is 0 Å². The fourth-order valence-corrected chi connectivity index (χ4v) is 2.91. The molecule has 1 amide bonds. The number of benzene rings is 1. The van der Waals surface area contributed by atoms with Crippen LogP contribution in [0.2, 0.25) is 0 Å². The first kappa shape index (κ1) is 13.3. The van der Waals surface area contributed by atoms with E-state index in [9.17, 15) is 4.79 Å². The Morgan fingerprint density at radius 2 is 2.10 bits per heavy atom. The molecule has 0 aliphatic heterocycles. The largest absolute Gasteiger partial charge is 0.396 e. The second-order valence-electron chi connectivity index (χ2n) is 4.97. The number of nitrogens with one attached hydrogen (secondary N) is 1. The second kappa shape index (κ2) is 5.73. The lowest BCUT2D eigenvalue weighted by atomic mass is 10.1. The normalized spacial score (nSPS) is 14.2. The Morgan fingerprint density at radius 3 is 2.75 bits per heavy atom. The van der Waals surface area contributed by atoms with Gasteiger partial charge in [0.1, 0.15) is 4.88 Å². The van der Waals surface area contributed by atoms with Gasteiger partial charge in [-0.3, -0.25) is 4.79 Å². The van der Waals surface area contributed by atoms with Crippen LogP contribution in [0.15, 0.2) is 29.8 Å². The smallest absolute Gasteiger partial charge is 0.267 e. The molecule has 5 heteroatoms. The number of aliphatic hydroxyl groups excluding tert-OH is 1. The molecule has 0 bridgehead atoms. The monoisotopic (exact) mass is 288 g/mol. The highest BCUT2D eigenvalue weighted by Crippen LogP contribution is 2.41. The number of aliphatic hydroxyl groups is 1. The molecule has 20 heavy (non-hydrogen) atoms. The van der Waals surface area contributed by atoms with E-state index in [1.54, 1.807) is 5.51 Å². The van der Waals surface area contributed by atoms with Crippen molar-refractivity contribution in [3.05, 3.63) is 45.9 Å². The summed E-state index contributed by atoms with van der Waals surface area (Å²) in [5, 5.41) is 11.8. The molecule has 2 aromatic rings. The van der Waals surface area contributed by atoms with Crippen molar-refractivity contribution in [2.75, 3.05) is 11.9 Å². The molecular weight excluding hydrogens is 272 g/mol. The number of thiazole rings is 1. The van der Waals surface area contributed by atoms with E-state index < -0.39 is 0 Å². The van der Waals surface area contributed by atoms with Gasteiger partial charge in [-0.15, -0.1) is 11.3 Å². The van der Waals surface area contributed by atoms with Crippen molar-refractivity contribution in [3.8, 4) is 0 Å². The molecule has 1 aromatic heterocycles. The molecule has 1 fully saturated rings. The van der Waals surface area contributed by atoms with Crippen LogP contribution in [-0.2, 0) is 6.42 Å². The summed E-state index contributed by atoms with van der Waals surface area (Å²) in [5.74, 6) is 0.401. The van der Waals surface area contributed by atoms with E-state index in [1.165, 1.54) is 11.3 Å². The van der Waals surface area contributed by atoms with Gasteiger partial charge in [0, 0.05) is 18.2 Å². The van der Waals surface area contributed by atoms with Gasteiger partial charge in [-0.05, 0) is 37.0 Å². The lowest BCUT2D eigenvalue weighted by Crippen LogP contribution is -2.12. The number of amides is 1. The molecule has 0 saturated heterocycles. The molecular formula is C15H16N2O2S. The summed E-state index contributed by atoms with van der Waals surface area (Å²) in [4.78, 5) is 17.3. The van der Waals surface area contributed by atoms with E-state index in [4.69, 9.17) is 5.11 Å². The average Bonchev–Trinajstić information content (AvgIpc) is 3.18. The van der Waals surface area contributed by atoms with E-state index in [0.29, 0.717) is 12.3 Å². The van der Waals surface area contributed by atoms with E-state index in [2.05, 4.69) is 10.3 Å². The van der Waals surface area contributed by atoms with Gasteiger partial charge in [0.2, 0.25) is 0 Å². The predicted molar refractivity (Wildman–Crippen MR) is 79.3 cm³/mol. The van der Waals surface area contributed by atoms with Crippen LogP contribution in [0.25, 0.3) is 0 Å². The van der Waals surface area contributed by atoms with Gasteiger partial charge in [0.15, 0.2) is 0 Å². The first-order chi connectivity index (χ1) is 9.78. The molecule has 1 aliphatic rings. The number of nitrogens with zero attached hydrogens (tertiary/aromatic N) is 1. The van der Waals surface area contributed by atoms with Crippen molar-refractivity contribution in [2.45, 2.75) is 25.2 Å². The summed E-state index contributed by atoms with van der Waals surface area (Å²) in [6.45, 7) is 0.136. The van der Waals surface area contributed by atoms with Gasteiger partial charge in [-0.2, -0.15) is 0 Å². The lowest BCUT2D eigenvalue weighted by molar-refractivity contribution is 0.102. The Labute approximate surface area is 121 Å². The number of hydrogen-bond donors (Lipinski definition) is 2. The summed E-state index contributed by atoms with van der Waals surface area (Å²) in [6, 6.07) is 7.56. The SMILES string of the molecule is O=C(Nc1ccc(CCO)cc1)c1scnc1C1CC1. The molecule has 1 aromatic carbocycles. The fraction of sp³-hybridized carbons (Fsp3) is 0.333. The zero-order valence-electron chi connectivity index (χ0n) is 11.0. The highest BCUT2D eigenvalue weighted by molar-refractivity contribution is 7.12. The maximum Gasteiger partial charge on any atom is 0.267 e. The molecule has 3 rings (SSSR count). The van der Waals surface area contributed by atoms with E-state index in [0.717, 1.165) is 34.7 Å². The van der Waals surface area contributed by atoms with Crippen molar-refractivity contribution in [1.82, 2.24) is 4.98 Å².